The number of hydrogen-bond acceptors (Lipinski definition) is 9. The molecular weight excluding hydrogens is 755 g/mol. The fraction of sp³-hybridized carbons (Fsp3) is 0.568. The van der Waals surface area contributed by atoms with E-state index in [1.807, 2.05) is 30.4 Å². The first kappa shape index (κ1) is 78.4. The Labute approximate surface area is 389 Å². The van der Waals surface area contributed by atoms with E-state index < -0.39 is 5.91 Å². The zero-order valence-electron chi connectivity index (χ0n) is 35.4. The molecule has 0 saturated carbocycles. The summed E-state index contributed by atoms with van der Waals surface area (Å²) in [6.45, 7) is 27.5. The van der Waals surface area contributed by atoms with E-state index in [4.69, 9.17) is 31.6 Å². The van der Waals surface area contributed by atoms with Crippen molar-refractivity contribution >= 4 is 41.5 Å². The maximum atomic E-state index is 10.6. The van der Waals surface area contributed by atoms with Gasteiger partial charge in [0.15, 0.2) is 29.7 Å². The molecule has 6 N–H and O–H groups in total. The fourth-order valence-electron chi connectivity index (χ4n) is 2.58. The molecule has 0 aliphatic carbocycles. The molecule has 0 bridgehead atoms. The predicted octanol–water partition coefficient (Wildman–Crippen LogP) is 2.90. The molecule has 15 nitrogen and oxygen atoms in total. The maximum Gasteiger partial charge on any atom is 1.00 e. The van der Waals surface area contributed by atoms with Crippen LogP contribution < -0.4 is 65.2 Å². The SMILES string of the molecule is C=CC(N)=O.C=CCCCCN.C=CCCCCN=[N+]=[N-].C=CCCCCNC(=O)C=C.C=CCCCCO.C=CCCCCOSOOC.[AlH3].[H-].[Li+].[N-]=[N+]=[N-].[Na+]. The van der Waals surface area contributed by atoms with Crippen LogP contribution in [0.5, 0.6) is 0 Å². The third-order valence-corrected chi connectivity index (χ3v) is 5.66. The number of carbonyl (C=O) groups excluding carboxylic acids is 2. The van der Waals surface area contributed by atoms with E-state index in [0.29, 0.717) is 19.8 Å². The summed E-state index contributed by atoms with van der Waals surface area (Å²) in [5.41, 5.74) is 31.1. The first-order valence-corrected chi connectivity index (χ1v) is 18.0. The Morgan fingerprint density at radius 2 is 1.20 bits per heavy atom. The average molecular weight is 830 g/mol. The summed E-state index contributed by atoms with van der Waals surface area (Å²) in [5.74, 6) is -0.575. The third-order valence-electron chi connectivity index (χ3n) is 5.21. The first-order valence-electron chi connectivity index (χ1n) is 17.3. The van der Waals surface area contributed by atoms with Gasteiger partial charge in [0, 0.05) is 24.6 Å². The van der Waals surface area contributed by atoms with Gasteiger partial charge in [0.1, 0.15) is 0 Å². The molecule has 0 aliphatic rings. The molecule has 0 aromatic carbocycles. The molecule has 0 radical (unpaired) electrons. The molecule has 0 aromatic heterocycles. The van der Waals surface area contributed by atoms with Crippen LogP contribution in [0.4, 0.5) is 0 Å². The molecule has 0 rings (SSSR count). The molecule has 0 fully saturated rings. The number of nitrogens with one attached hydrogen (secondary N) is 1. The van der Waals surface area contributed by atoms with Gasteiger partial charge in [0.25, 0.3) is 0 Å². The number of primary amides is 1. The van der Waals surface area contributed by atoms with E-state index in [1.54, 1.807) is 0 Å². The molecule has 0 aromatic rings. The maximum absolute atomic E-state index is 10.6. The second-order valence-electron chi connectivity index (χ2n) is 9.70. The minimum absolute atomic E-state index is 0. The predicted molar refractivity (Wildman–Crippen MR) is 236 cm³/mol. The van der Waals surface area contributed by atoms with Gasteiger partial charge in [0.2, 0.25) is 11.8 Å². The molecule has 0 unspecified atom stereocenters. The standard InChI is InChI=1S/C9H15NO.C7H14O3S.C6H11N3.C6H13N.C6H12O.C3H5NO.Al.Li.N3.Na.4H/c1-3-5-6-7-8-10-9(11)4-2;1-3-4-5-6-7-9-11-10-8-2;1-2-3-4-5-6-8-9-7;2*1-2-3-4-5-6-7;1-2-3(4)5;;;1-3-2;;;;;/h3-4H,1-2,5-8H2,(H,10,11);3H,1,4-7H2,2H3;2H,1,3-6H2;2H,1,3-7H2;2,7H,1,3-6H2;2H,1H2,(H2,4,5);;;;;;;;/q;;;;;;;+1;-1;+1;;;;-1. The Morgan fingerprint density at radius 1 is 0.786 bits per heavy atom. The zero-order valence-corrected chi connectivity index (χ0v) is 37.2. The second kappa shape index (κ2) is 94.2. The van der Waals surface area contributed by atoms with Gasteiger partial charge in [-0.25, -0.2) is 4.89 Å². The van der Waals surface area contributed by atoms with Gasteiger partial charge in [-0.05, 0) is 121 Å². The number of amides is 2. The van der Waals surface area contributed by atoms with Crippen LogP contribution in [0.2, 0.25) is 0 Å². The van der Waals surface area contributed by atoms with E-state index in [0.717, 1.165) is 121 Å². The van der Waals surface area contributed by atoms with Gasteiger partial charge in [-0.2, -0.15) is 0 Å². The summed E-state index contributed by atoms with van der Waals surface area (Å²) in [4.78, 5) is 28.5. The van der Waals surface area contributed by atoms with Gasteiger partial charge in [-0.1, -0.05) is 48.7 Å². The van der Waals surface area contributed by atoms with Gasteiger partial charge in [-0.3, -0.25) is 18.7 Å². The van der Waals surface area contributed by atoms with Gasteiger partial charge in [-0.15, -0.1) is 37.2 Å². The van der Waals surface area contributed by atoms with E-state index in [2.05, 4.69) is 76.4 Å². The Kier molecular flexibility index (Phi) is 132. The Morgan fingerprint density at radius 3 is 1.55 bits per heavy atom. The van der Waals surface area contributed by atoms with Crippen LogP contribution in [0.15, 0.2) is 93.7 Å². The van der Waals surface area contributed by atoms with Gasteiger partial charge >= 0.3 is 48.4 Å². The number of azide groups is 1. The topological polar surface area (TPSA) is 254 Å². The van der Waals surface area contributed by atoms with Crippen molar-refractivity contribution in [1.29, 1.82) is 0 Å². The minimum Gasteiger partial charge on any atom is -1.00 e. The Hall–Kier alpha value is -1.98. The van der Waals surface area contributed by atoms with E-state index in [9.17, 15) is 9.59 Å². The summed E-state index contributed by atoms with van der Waals surface area (Å²) in [6.07, 6.45) is 27.6. The van der Waals surface area contributed by atoms with Gasteiger partial charge < -0.3 is 34.4 Å². The van der Waals surface area contributed by atoms with Crippen molar-refractivity contribution in [2.45, 2.75) is 96.3 Å². The second-order valence-corrected chi connectivity index (χ2v) is 10.2. The van der Waals surface area contributed by atoms with Crippen LogP contribution >= 0.6 is 12.3 Å². The van der Waals surface area contributed by atoms with Crippen molar-refractivity contribution in [1.82, 2.24) is 5.32 Å². The van der Waals surface area contributed by atoms with Crippen LogP contribution in [-0.4, -0.2) is 74.2 Å². The number of rotatable bonds is 28. The Balaban J connectivity index is -0.0000000488. The van der Waals surface area contributed by atoms with Crippen LogP contribution in [-0.2, 0) is 23.0 Å². The molecule has 0 heterocycles. The molecular formula is C37H74AlLiN9NaO6S. The number of aliphatic hydroxyl groups is 1. The Bertz CT molecular complexity index is 928. The van der Waals surface area contributed by atoms with Crippen molar-refractivity contribution in [2.24, 2.45) is 16.6 Å². The van der Waals surface area contributed by atoms with Crippen molar-refractivity contribution in [2.75, 3.05) is 40.0 Å². The molecule has 314 valence electrons. The van der Waals surface area contributed by atoms with Crippen molar-refractivity contribution in [3.05, 3.63) is 115 Å². The average Bonchev–Trinajstić information content (AvgIpc) is 3.16. The van der Waals surface area contributed by atoms with E-state index in [1.165, 1.54) is 24.5 Å². The summed E-state index contributed by atoms with van der Waals surface area (Å²) in [7, 11) is 1.44. The van der Waals surface area contributed by atoms with E-state index >= 15 is 0 Å². The third kappa shape index (κ3) is 141. The van der Waals surface area contributed by atoms with Crippen molar-refractivity contribution < 1.29 is 77.9 Å². The fourth-order valence-corrected chi connectivity index (χ4v) is 2.86. The number of unbranched alkanes of at least 4 members (excludes halogenated alkanes) is 10. The largest absolute Gasteiger partial charge is 1.00 e. The number of allylic oxidation sites excluding steroid dienone is 5. The van der Waals surface area contributed by atoms with Crippen molar-refractivity contribution in [3.8, 4) is 0 Å². The minimum atomic E-state index is -0.481. The van der Waals surface area contributed by atoms with Crippen LogP contribution in [0, 0.1) is 0 Å². The number of nitrogens with two attached hydrogens (primary N) is 2. The molecule has 0 atom stereocenters. The number of nitrogens with zero attached hydrogens (tertiary/aromatic N) is 6. The molecule has 0 spiro atoms. The summed E-state index contributed by atoms with van der Waals surface area (Å²) in [6, 6.07) is 0. The molecule has 0 aliphatic heterocycles. The normalized spacial score (nSPS) is 7.84. The summed E-state index contributed by atoms with van der Waals surface area (Å²) >= 11 is 0.863. The van der Waals surface area contributed by atoms with Crippen LogP contribution in [0.3, 0.4) is 0 Å². The quantitative estimate of drug-likeness (QED) is 0.00870. The number of hydrogen-bond donors (Lipinski definition) is 4. The molecule has 56 heavy (non-hydrogen) atoms. The number of aliphatic hydroxyl groups excluding tert-OH is 1. The molecule has 0 saturated heterocycles. The summed E-state index contributed by atoms with van der Waals surface area (Å²) in [5, 5.41) is 14.3. The van der Waals surface area contributed by atoms with Crippen LogP contribution in [0.1, 0.15) is 97.7 Å². The van der Waals surface area contributed by atoms with Crippen LogP contribution in [0.25, 0.3) is 26.4 Å². The molecule has 2 amide bonds. The monoisotopic (exact) mass is 830 g/mol. The number of carbonyl (C=O) groups is 2. The van der Waals surface area contributed by atoms with E-state index in [-0.39, 0.29) is 73.1 Å². The summed E-state index contributed by atoms with van der Waals surface area (Å²) < 4.78 is 9.37. The first-order chi connectivity index (χ1) is 25.6. The van der Waals surface area contributed by atoms with Gasteiger partial charge in [0.05, 0.1) is 13.7 Å². The smallest absolute Gasteiger partial charge is 1.00 e. The van der Waals surface area contributed by atoms with Crippen molar-refractivity contribution in [3.63, 3.8) is 0 Å². The zero-order chi connectivity index (χ0) is 41.9. The molecule has 19 heteroatoms.